The molecule has 6 nitrogen and oxygen atoms in total. The summed E-state index contributed by atoms with van der Waals surface area (Å²) in [6.07, 6.45) is 2.70. The van der Waals surface area contributed by atoms with E-state index in [9.17, 15) is 5.11 Å². The second kappa shape index (κ2) is 8.07. The lowest BCUT2D eigenvalue weighted by Crippen LogP contribution is -2.15. The van der Waals surface area contributed by atoms with Gasteiger partial charge < -0.3 is 9.84 Å². The number of hydrogen-bond donors (Lipinski definition) is 1. The zero-order valence-corrected chi connectivity index (χ0v) is 15.4. The number of aliphatic hydroxyl groups is 1. The number of rotatable bonds is 6. The third kappa shape index (κ3) is 3.85. The van der Waals surface area contributed by atoms with Gasteiger partial charge in [-0.15, -0.1) is 11.3 Å². The quantitative estimate of drug-likeness (QED) is 0.722. The molecule has 0 atom stereocenters. The Morgan fingerprint density at radius 3 is 2.73 bits per heavy atom. The van der Waals surface area contributed by atoms with Crippen molar-refractivity contribution in [1.82, 2.24) is 19.7 Å². The molecule has 0 spiro atoms. The molecular weight excluding hydrogens is 348 g/mol. The van der Waals surface area contributed by atoms with Gasteiger partial charge in [-0.05, 0) is 18.4 Å². The lowest BCUT2D eigenvalue weighted by Gasteiger charge is -2.18. The number of benzene rings is 1. The molecule has 0 aliphatic carbocycles. The van der Waals surface area contributed by atoms with E-state index in [-0.39, 0.29) is 6.61 Å². The van der Waals surface area contributed by atoms with Crippen LogP contribution in [0.2, 0.25) is 0 Å². The van der Waals surface area contributed by atoms with E-state index in [1.165, 1.54) is 5.56 Å². The Balaban J connectivity index is 1.59. The summed E-state index contributed by atoms with van der Waals surface area (Å²) in [6, 6.07) is 10.3. The highest BCUT2D eigenvalue weighted by molar-refractivity contribution is 7.10. The third-order valence-electron chi connectivity index (χ3n) is 4.57. The Morgan fingerprint density at radius 2 is 1.96 bits per heavy atom. The van der Waals surface area contributed by atoms with Crippen molar-refractivity contribution in [2.75, 3.05) is 19.8 Å². The molecule has 2 aromatic heterocycles. The van der Waals surface area contributed by atoms with Crippen LogP contribution in [0.3, 0.4) is 0 Å². The summed E-state index contributed by atoms with van der Waals surface area (Å²) < 4.78 is 7.22. The fraction of sp³-hybridized carbons (Fsp3) is 0.421. The van der Waals surface area contributed by atoms with E-state index in [1.54, 1.807) is 16.0 Å². The fourth-order valence-corrected chi connectivity index (χ4v) is 4.00. The van der Waals surface area contributed by atoms with Gasteiger partial charge in [0.1, 0.15) is 5.69 Å². The lowest BCUT2D eigenvalue weighted by molar-refractivity contribution is 0.0835. The minimum absolute atomic E-state index is 0.0323. The van der Waals surface area contributed by atoms with Crippen LogP contribution in [-0.4, -0.2) is 44.7 Å². The summed E-state index contributed by atoms with van der Waals surface area (Å²) in [5.74, 6) is 1.91. The maximum atomic E-state index is 9.38. The molecule has 0 radical (unpaired) electrons. The molecule has 7 heteroatoms. The Bertz CT molecular complexity index is 840. The minimum Gasteiger partial charge on any atom is -0.394 e. The molecule has 1 aromatic carbocycles. The topological polar surface area (TPSA) is 73.1 Å². The van der Waals surface area contributed by atoms with Crippen LogP contribution in [0.15, 0.2) is 35.7 Å². The molecule has 1 aliphatic rings. The number of thiazole rings is 1. The number of aromatic nitrogens is 4. The summed E-state index contributed by atoms with van der Waals surface area (Å²) in [4.78, 5) is 9.54. The van der Waals surface area contributed by atoms with E-state index in [0.29, 0.717) is 12.5 Å². The average Bonchev–Trinajstić information content (AvgIpc) is 3.31. The third-order valence-corrected chi connectivity index (χ3v) is 5.41. The van der Waals surface area contributed by atoms with Crippen molar-refractivity contribution in [3.63, 3.8) is 0 Å². The number of aliphatic hydroxyl groups excluding tert-OH is 1. The van der Waals surface area contributed by atoms with Gasteiger partial charge >= 0.3 is 0 Å². The van der Waals surface area contributed by atoms with Crippen LogP contribution in [0.25, 0.3) is 11.5 Å². The molecule has 0 bridgehead atoms. The molecule has 0 unspecified atom stereocenters. The molecule has 4 rings (SSSR count). The lowest BCUT2D eigenvalue weighted by atomic mass is 10.00. The molecule has 1 saturated heterocycles. The van der Waals surface area contributed by atoms with Crippen LogP contribution >= 0.6 is 11.3 Å². The van der Waals surface area contributed by atoms with Gasteiger partial charge in [0.15, 0.2) is 11.6 Å². The number of ether oxygens (including phenoxy) is 1. The van der Waals surface area contributed by atoms with Gasteiger partial charge in [-0.2, -0.15) is 5.10 Å². The molecule has 3 aromatic rings. The van der Waals surface area contributed by atoms with Crippen LogP contribution in [0.5, 0.6) is 0 Å². The van der Waals surface area contributed by atoms with Crippen molar-refractivity contribution >= 4 is 11.3 Å². The Morgan fingerprint density at radius 1 is 1.15 bits per heavy atom. The standard InChI is InChI=1S/C19H22N4O2S/c24-9-8-23-19(21-18(22-23)15-6-10-25-11-7-15)16-13-26-17(20-16)12-14-4-2-1-3-5-14/h1-5,13,15,24H,6-12H2. The highest BCUT2D eigenvalue weighted by Crippen LogP contribution is 2.28. The summed E-state index contributed by atoms with van der Waals surface area (Å²) in [6.45, 7) is 1.97. The smallest absolute Gasteiger partial charge is 0.178 e. The summed E-state index contributed by atoms with van der Waals surface area (Å²) in [5, 5.41) is 17.1. The van der Waals surface area contributed by atoms with Crippen LogP contribution in [0, 0.1) is 0 Å². The molecule has 0 saturated carbocycles. The number of hydrogen-bond acceptors (Lipinski definition) is 6. The van der Waals surface area contributed by atoms with Gasteiger partial charge in [-0.3, -0.25) is 0 Å². The first-order chi connectivity index (χ1) is 12.8. The SMILES string of the molecule is OCCn1nc(C2CCOCC2)nc1-c1csc(Cc2ccccc2)n1. The van der Waals surface area contributed by atoms with Gasteiger partial charge in [-0.25, -0.2) is 14.6 Å². The van der Waals surface area contributed by atoms with Gasteiger partial charge in [-0.1, -0.05) is 30.3 Å². The molecule has 1 N–H and O–H groups in total. The molecule has 3 heterocycles. The van der Waals surface area contributed by atoms with E-state index in [0.717, 1.165) is 54.8 Å². The molecule has 1 fully saturated rings. The van der Waals surface area contributed by atoms with Gasteiger partial charge in [0.25, 0.3) is 0 Å². The van der Waals surface area contributed by atoms with Crippen molar-refractivity contribution < 1.29 is 9.84 Å². The van der Waals surface area contributed by atoms with E-state index in [1.807, 2.05) is 23.6 Å². The second-order valence-corrected chi connectivity index (χ2v) is 7.36. The summed E-state index contributed by atoms with van der Waals surface area (Å²) in [7, 11) is 0. The largest absolute Gasteiger partial charge is 0.394 e. The zero-order chi connectivity index (χ0) is 17.8. The molecule has 0 amide bonds. The fourth-order valence-electron chi connectivity index (χ4n) is 3.19. The van der Waals surface area contributed by atoms with Crippen molar-refractivity contribution in [2.24, 2.45) is 0 Å². The van der Waals surface area contributed by atoms with Crippen molar-refractivity contribution in [2.45, 2.75) is 31.7 Å². The highest BCUT2D eigenvalue weighted by atomic mass is 32.1. The first-order valence-electron chi connectivity index (χ1n) is 8.95. The van der Waals surface area contributed by atoms with Crippen LogP contribution < -0.4 is 0 Å². The van der Waals surface area contributed by atoms with E-state index in [2.05, 4.69) is 17.2 Å². The van der Waals surface area contributed by atoms with E-state index >= 15 is 0 Å². The minimum atomic E-state index is 0.0323. The first kappa shape index (κ1) is 17.3. The van der Waals surface area contributed by atoms with Crippen molar-refractivity contribution in [3.05, 3.63) is 52.1 Å². The number of nitrogens with zero attached hydrogens (tertiary/aromatic N) is 4. The summed E-state index contributed by atoms with van der Waals surface area (Å²) >= 11 is 1.64. The maximum Gasteiger partial charge on any atom is 0.178 e. The predicted molar refractivity (Wildman–Crippen MR) is 100 cm³/mol. The van der Waals surface area contributed by atoms with Crippen molar-refractivity contribution in [1.29, 1.82) is 0 Å². The summed E-state index contributed by atoms with van der Waals surface area (Å²) in [5.41, 5.74) is 2.08. The molecule has 26 heavy (non-hydrogen) atoms. The monoisotopic (exact) mass is 370 g/mol. The first-order valence-corrected chi connectivity index (χ1v) is 9.83. The Labute approximate surface area is 156 Å². The Kier molecular flexibility index (Phi) is 5.38. The molecule has 136 valence electrons. The highest BCUT2D eigenvalue weighted by Gasteiger charge is 2.23. The average molecular weight is 370 g/mol. The maximum absolute atomic E-state index is 9.38. The van der Waals surface area contributed by atoms with Gasteiger partial charge in [0, 0.05) is 30.9 Å². The van der Waals surface area contributed by atoms with Crippen LogP contribution in [0.1, 0.15) is 35.2 Å². The van der Waals surface area contributed by atoms with Crippen LogP contribution in [0.4, 0.5) is 0 Å². The molecular formula is C19H22N4O2S. The van der Waals surface area contributed by atoms with E-state index in [4.69, 9.17) is 14.7 Å². The predicted octanol–water partition coefficient (Wildman–Crippen LogP) is 2.88. The van der Waals surface area contributed by atoms with E-state index < -0.39 is 0 Å². The second-order valence-electron chi connectivity index (χ2n) is 6.42. The van der Waals surface area contributed by atoms with Gasteiger partial charge in [0.05, 0.1) is 18.2 Å². The van der Waals surface area contributed by atoms with Crippen molar-refractivity contribution in [3.8, 4) is 11.5 Å². The van der Waals surface area contributed by atoms with Gasteiger partial charge in [0.2, 0.25) is 0 Å². The molecule has 1 aliphatic heterocycles. The Hall–Kier alpha value is -2.09. The zero-order valence-electron chi connectivity index (χ0n) is 14.5. The van der Waals surface area contributed by atoms with Crippen LogP contribution in [-0.2, 0) is 17.7 Å². The normalized spacial score (nSPS) is 15.4.